The van der Waals surface area contributed by atoms with Gasteiger partial charge in [-0.3, -0.25) is 0 Å². The summed E-state index contributed by atoms with van der Waals surface area (Å²) in [5, 5.41) is 0. The zero-order chi connectivity index (χ0) is 15.0. The standard InChI is InChI=1S/C12H20BrNO4S2/c1-10-9-11(19-12(10)13)20(15,16)14-5-3-4-6-18-8-7-17-2/h9,14H,3-8H2,1-2H3. The van der Waals surface area contributed by atoms with E-state index in [1.165, 1.54) is 11.3 Å². The Morgan fingerprint density at radius 1 is 1.30 bits per heavy atom. The second kappa shape index (κ2) is 9.11. The molecule has 0 saturated heterocycles. The van der Waals surface area contributed by atoms with Crippen LogP contribution in [0.5, 0.6) is 0 Å². The van der Waals surface area contributed by atoms with E-state index in [0.29, 0.717) is 30.6 Å². The van der Waals surface area contributed by atoms with E-state index in [1.807, 2.05) is 6.92 Å². The van der Waals surface area contributed by atoms with Gasteiger partial charge in [-0.05, 0) is 47.3 Å². The van der Waals surface area contributed by atoms with E-state index in [-0.39, 0.29) is 0 Å². The summed E-state index contributed by atoms with van der Waals surface area (Å²) in [6.07, 6.45) is 1.57. The number of aryl methyl sites for hydroxylation is 1. The van der Waals surface area contributed by atoms with Crippen LogP contribution in [-0.4, -0.2) is 41.9 Å². The van der Waals surface area contributed by atoms with Crippen molar-refractivity contribution >= 4 is 37.3 Å². The minimum Gasteiger partial charge on any atom is -0.382 e. The molecule has 8 heteroatoms. The first-order valence-corrected chi connectivity index (χ1v) is 9.39. The van der Waals surface area contributed by atoms with Gasteiger partial charge in [0.2, 0.25) is 10.0 Å². The molecule has 0 aliphatic carbocycles. The second-order valence-corrected chi connectivity index (χ2v) is 8.60. The molecule has 0 aromatic carbocycles. The molecule has 0 saturated carbocycles. The van der Waals surface area contributed by atoms with E-state index in [1.54, 1.807) is 13.2 Å². The Bertz CT molecular complexity index is 482. The summed E-state index contributed by atoms with van der Waals surface area (Å²) in [4.78, 5) is 0. The normalized spacial score (nSPS) is 11.9. The monoisotopic (exact) mass is 385 g/mol. The zero-order valence-corrected chi connectivity index (χ0v) is 14.9. The van der Waals surface area contributed by atoms with Crippen LogP contribution in [0.15, 0.2) is 14.1 Å². The number of hydrogen-bond acceptors (Lipinski definition) is 5. The Balaban J connectivity index is 2.24. The number of unbranched alkanes of at least 4 members (excludes halogenated alkanes) is 1. The predicted octanol–water partition coefficient (Wildman–Crippen LogP) is 2.54. The molecule has 1 heterocycles. The molecule has 0 atom stereocenters. The zero-order valence-electron chi connectivity index (χ0n) is 11.6. The summed E-state index contributed by atoms with van der Waals surface area (Å²) in [7, 11) is -1.76. The van der Waals surface area contributed by atoms with Gasteiger partial charge < -0.3 is 9.47 Å². The molecule has 0 radical (unpaired) electrons. The number of nitrogens with one attached hydrogen (secondary N) is 1. The largest absolute Gasteiger partial charge is 0.382 e. The first kappa shape index (κ1) is 18.1. The smallest absolute Gasteiger partial charge is 0.250 e. The maximum Gasteiger partial charge on any atom is 0.250 e. The number of ether oxygens (including phenoxy) is 2. The molecule has 1 aromatic rings. The molecule has 0 bridgehead atoms. The number of sulfonamides is 1. The minimum atomic E-state index is -3.39. The maximum absolute atomic E-state index is 12.0. The fourth-order valence-electron chi connectivity index (χ4n) is 1.42. The van der Waals surface area contributed by atoms with Crippen LogP contribution in [0.3, 0.4) is 0 Å². The van der Waals surface area contributed by atoms with Gasteiger partial charge in [0.25, 0.3) is 0 Å². The highest BCUT2D eigenvalue weighted by Gasteiger charge is 2.17. The summed E-state index contributed by atoms with van der Waals surface area (Å²) >= 11 is 4.56. The third-order valence-corrected chi connectivity index (χ3v) is 6.61. The van der Waals surface area contributed by atoms with E-state index in [4.69, 9.17) is 9.47 Å². The van der Waals surface area contributed by atoms with Crippen molar-refractivity contribution < 1.29 is 17.9 Å². The number of rotatable bonds is 10. The van der Waals surface area contributed by atoms with Crippen LogP contribution in [0.25, 0.3) is 0 Å². The van der Waals surface area contributed by atoms with Gasteiger partial charge in [0.05, 0.1) is 17.0 Å². The third-order valence-electron chi connectivity index (χ3n) is 2.54. The van der Waals surface area contributed by atoms with Crippen LogP contribution in [0, 0.1) is 6.92 Å². The lowest BCUT2D eigenvalue weighted by Crippen LogP contribution is -2.24. The highest BCUT2D eigenvalue weighted by Crippen LogP contribution is 2.30. The summed E-state index contributed by atoms with van der Waals surface area (Å²) in [5.74, 6) is 0. The summed E-state index contributed by atoms with van der Waals surface area (Å²) in [6.45, 7) is 4.07. The molecule has 1 aromatic heterocycles. The lowest BCUT2D eigenvalue weighted by atomic mass is 10.3. The molecule has 0 aliphatic rings. The molecule has 0 unspecified atom stereocenters. The van der Waals surface area contributed by atoms with Crippen molar-refractivity contribution in [2.45, 2.75) is 24.0 Å². The average molecular weight is 386 g/mol. The first-order chi connectivity index (χ1) is 9.47. The fourth-order valence-corrected chi connectivity index (χ4v) is 4.76. The van der Waals surface area contributed by atoms with Crippen LogP contribution >= 0.6 is 27.3 Å². The number of halogens is 1. The van der Waals surface area contributed by atoms with Gasteiger partial charge in [-0.1, -0.05) is 0 Å². The van der Waals surface area contributed by atoms with Gasteiger partial charge in [0, 0.05) is 20.3 Å². The van der Waals surface area contributed by atoms with E-state index in [0.717, 1.165) is 22.2 Å². The lowest BCUT2D eigenvalue weighted by molar-refractivity contribution is 0.0689. The molecule has 0 aliphatic heterocycles. The summed E-state index contributed by atoms with van der Waals surface area (Å²) < 4.78 is 38.0. The highest BCUT2D eigenvalue weighted by molar-refractivity contribution is 9.11. The van der Waals surface area contributed by atoms with E-state index < -0.39 is 10.0 Å². The Morgan fingerprint density at radius 2 is 2.05 bits per heavy atom. The molecule has 20 heavy (non-hydrogen) atoms. The Labute approximate surface area is 132 Å². The minimum absolute atomic E-state index is 0.346. The topological polar surface area (TPSA) is 64.6 Å². The first-order valence-electron chi connectivity index (χ1n) is 6.29. The molecule has 0 spiro atoms. The van der Waals surface area contributed by atoms with Crippen LogP contribution in [0.2, 0.25) is 0 Å². The Hall–Kier alpha value is 0.01000. The SMILES string of the molecule is COCCOCCCCNS(=O)(=O)c1cc(C)c(Br)s1. The van der Waals surface area contributed by atoms with Gasteiger partial charge in [-0.15, -0.1) is 11.3 Å². The molecular weight excluding hydrogens is 366 g/mol. The van der Waals surface area contributed by atoms with Crippen molar-refractivity contribution in [3.8, 4) is 0 Å². The van der Waals surface area contributed by atoms with Crippen molar-refractivity contribution in [1.29, 1.82) is 0 Å². The Morgan fingerprint density at radius 3 is 2.65 bits per heavy atom. The molecule has 1 rings (SSSR count). The molecule has 116 valence electrons. The summed E-state index contributed by atoms with van der Waals surface area (Å²) in [6, 6.07) is 1.67. The van der Waals surface area contributed by atoms with Gasteiger partial charge in [-0.2, -0.15) is 0 Å². The highest BCUT2D eigenvalue weighted by atomic mass is 79.9. The van der Waals surface area contributed by atoms with Gasteiger partial charge in [-0.25, -0.2) is 13.1 Å². The molecular formula is C12H20BrNO4S2. The quantitative estimate of drug-likeness (QED) is 0.628. The lowest BCUT2D eigenvalue weighted by Gasteiger charge is -2.05. The van der Waals surface area contributed by atoms with Crippen molar-refractivity contribution in [3.05, 3.63) is 15.4 Å². The van der Waals surface area contributed by atoms with Crippen LogP contribution < -0.4 is 4.72 Å². The predicted molar refractivity (Wildman–Crippen MR) is 83.9 cm³/mol. The molecule has 5 nitrogen and oxygen atoms in total. The van der Waals surface area contributed by atoms with Gasteiger partial charge >= 0.3 is 0 Å². The van der Waals surface area contributed by atoms with E-state index >= 15 is 0 Å². The molecule has 0 amide bonds. The third kappa shape index (κ3) is 6.19. The van der Waals surface area contributed by atoms with Crippen LogP contribution in [-0.2, 0) is 19.5 Å². The maximum atomic E-state index is 12.0. The van der Waals surface area contributed by atoms with E-state index in [2.05, 4.69) is 20.7 Å². The number of hydrogen-bond donors (Lipinski definition) is 1. The average Bonchev–Trinajstić information content (AvgIpc) is 2.74. The van der Waals surface area contributed by atoms with Crippen molar-refractivity contribution in [3.63, 3.8) is 0 Å². The van der Waals surface area contributed by atoms with Crippen molar-refractivity contribution in [2.24, 2.45) is 0 Å². The fraction of sp³-hybridized carbons (Fsp3) is 0.667. The van der Waals surface area contributed by atoms with Gasteiger partial charge in [0.1, 0.15) is 4.21 Å². The second-order valence-electron chi connectivity index (χ2n) is 4.23. The number of methoxy groups -OCH3 is 1. The summed E-state index contributed by atoms with van der Waals surface area (Å²) in [5.41, 5.74) is 0.932. The van der Waals surface area contributed by atoms with E-state index in [9.17, 15) is 8.42 Å². The van der Waals surface area contributed by atoms with Crippen molar-refractivity contribution in [1.82, 2.24) is 4.72 Å². The molecule has 1 N–H and O–H groups in total. The van der Waals surface area contributed by atoms with Crippen LogP contribution in [0.1, 0.15) is 18.4 Å². The van der Waals surface area contributed by atoms with Crippen molar-refractivity contribution in [2.75, 3.05) is 33.5 Å². The Kier molecular flexibility index (Phi) is 8.23. The van der Waals surface area contributed by atoms with Crippen LogP contribution in [0.4, 0.5) is 0 Å². The van der Waals surface area contributed by atoms with Gasteiger partial charge in [0.15, 0.2) is 0 Å². The number of thiophene rings is 1. The molecule has 0 fully saturated rings.